The van der Waals surface area contributed by atoms with Gasteiger partial charge >= 0.3 is 6.09 Å². The second kappa shape index (κ2) is 20.4. The van der Waals surface area contributed by atoms with Gasteiger partial charge in [-0.25, -0.2) is 9.69 Å². The Kier molecular flexibility index (Phi) is 15.5. The normalized spacial score (nSPS) is 28.4. The second-order valence-corrected chi connectivity index (χ2v) is 17.2. The minimum absolute atomic E-state index is 0.0516. The number of ketones is 1. The summed E-state index contributed by atoms with van der Waals surface area (Å²) in [7, 11) is 1.48. The lowest BCUT2D eigenvalue weighted by Crippen LogP contribution is -2.61. The van der Waals surface area contributed by atoms with Crippen molar-refractivity contribution >= 4 is 33.7 Å². The summed E-state index contributed by atoms with van der Waals surface area (Å²) < 4.78 is 43.3. The standard InChI is InChI=1S/C46H56BrNO12/c1-29(2)41-45(3,4)60-44(52)48(41)42(51)33(24-30-16-9-6-10-17-30)37-34(50)25-36(47)46(53,59-37)22-15-23-55-40-39(57-28-32-20-13-8-14-21-32)38(35(26-49)58-43(40)54-5)56-27-31-18-11-7-12-19-31/h6-14,16-21,25,29,33,35,37-41,43,49,53H,15,22-24,26-28H2,1-5H3/t33-,35+,37-,38+,39-,40-,41-,43-,46+/m0/s1. The van der Waals surface area contributed by atoms with Crippen LogP contribution in [0.1, 0.15) is 57.2 Å². The Labute approximate surface area is 360 Å². The van der Waals surface area contributed by atoms with Crippen LogP contribution in [-0.4, -0.2) is 107 Å². The Balaban J connectivity index is 1.20. The van der Waals surface area contributed by atoms with Gasteiger partial charge in [0.2, 0.25) is 5.91 Å². The monoisotopic (exact) mass is 893 g/mol. The molecule has 13 nitrogen and oxygen atoms in total. The fraction of sp³-hybridized carbons (Fsp3) is 0.500. The number of rotatable bonds is 18. The summed E-state index contributed by atoms with van der Waals surface area (Å²) in [5.41, 5.74) is 1.62. The number of ether oxygens (including phenoxy) is 7. The first-order valence-electron chi connectivity index (χ1n) is 20.4. The molecule has 9 atom stereocenters. The number of methoxy groups -OCH3 is 1. The first-order chi connectivity index (χ1) is 28.8. The summed E-state index contributed by atoms with van der Waals surface area (Å²) in [4.78, 5) is 42.8. The largest absolute Gasteiger partial charge is 0.441 e. The van der Waals surface area contributed by atoms with E-state index in [0.717, 1.165) is 21.6 Å². The number of amides is 2. The van der Waals surface area contributed by atoms with Crippen molar-refractivity contribution < 1.29 is 57.8 Å². The number of benzene rings is 3. The van der Waals surface area contributed by atoms with Gasteiger partial charge in [0.1, 0.15) is 36.1 Å². The average molecular weight is 895 g/mol. The van der Waals surface area contributed by atoms with E-state index >= 15 is 0 Å². The second-order valence-electron chi connectivity index (χ2n) is 16.3. The van der Waals surface area contributed by atoms with Crippen molar-refractivity contribution in [3.8, 4) is 0 Å². The smallest absolute Gasteiger partial charge is 0.417 e. The minimum atomic E-state index is -2.03. The van der Waals surface area contributed by atoms with Crippen LogP contribution < -0.4 is 0 Å². The quantitative estimate of drug-likeness (QED) is 0.138. The van der Waals surface area contributed by atoms with Crippen molar-refractivity contribution in [2.24, 2.45) is 11.8 Å². The van der Waals surface area contributed by atoms with Crippen LogP contribution in [0.15, 0.2) is 102 Å². The molecule has 3 aromatic rings. The number of aliphatic hydroxyl groups is 2. The summed E-state index contributed by atoms with van der Waals surface area (Å²) in [6.07, 6.45) is -4.85. The molecule has 3 aromatic carbocycles. The molecular weight excluding hydrogens is 838 g/mol. The van der Waals surface area contributed by atoms with Gasteiger partial charge in [0, 0.05) is 20.1 Å². The number of carbonyl (C=O) groups excluding carboxylic acids is 3. The molecule has 2 amide bonds. The van der Waals surface area contributed by atoms with Crippen LogP contribution in [0.2, 0.25) is 0 Å². The minimum Gasteiger partial charge on any atom is -0.441 e. The third kappa shape index (κ3) is 10.6. The summed E-state index contributed by atoms with van der Waals surface area (Å²) in [6.45, 7) is 7.46. The maximum Gasteiger partial charge on any atom is 0.417 e. The van der Waals surface area contributed by atoms with Crippen LogP contribution in [-0.2, 0) is 62.4 Å². The molecule has 0 aliphatic carbocycles. The van der Waals surface area contributed by atoms with Gasteiger partial charge in [-0.15, -0.1) is 0 Å². The number of hydrogen-bond donors (Lipinski definition) is 2. The lowest BCUT2D eigenvalue weighted by molar-refractivity contribution is -0.320. The molecule has 14 heteroatoms. The molecular formula is C46H56BrNO12. The zero-order valence-electron chi connectivity index (χ0n) is 34.7. The first-order valence-corrected chi connectivity index (χ1v) is 21.2. The third-order valence-electron chi connectivity index (χ3n) is 11.2. The molecule has 60 heavy (non-hydrogen) atoms. The number of carbonyl (C=O) groups is 3. The number of aliphatic hydroxyl groups excluding tert-OH is 1. The highest BCUT2D eigenvalue weighted by atomic mass is 79.9. The molecule has 3 aliphatic heterocycles. The Morgan fingerprint density at radius 1 is 0.850 bits per heavy atom. The van der Waals surface area contributed by atoms with Gasteiger partial charge in [-0.2, -0.15) is 0 Å². The van der Waals surface area contributed by atoms with Gasteiger partial charge in [-0.3, -0.25) is 9.59 Å². The highest BCUT2D eigenvalue weighted by Crippen LogP contribution is 2.40. The maximum atomic E-state index is 14.6. The van der Waals surface area contributed by atoms with E-state index in [1.165, 1.54) is 13.2 Å². The molecule has 0 aromatic heterocycles. The summed E-state index contributed by atoms with van der Waals surface area (Å²) in [6, 6.07) is 27.8. The third-order valence-corrected chi connectivity index (χ3v) is 12.0. The van der Waals surface area contributed by atoms with Gasteiger partial charge < -0.3 is 43.4 Å². The molecule has 2 fully saturated rings. The van der Waals surface area contributed by atoms with E-state index in [9.17, 15) is 24.6 Å². The number of halogens is 1. The molecule has 2 N–H and O–H groups in total. The SMILES string of the molecule is CO[C@H]1O[C@H](CO)[C@@H](OCc2ccccc2)[C@H](OCc2ccccc2)[C@@H]1OCCC[C@@]1(O)O[C@@H]([C@H](Cc2ccccc2)C(=O)N2C(=O)OC(C)(C)[C@@H]2C(C)C)C(=O)C=C1Br. The van der Waals surface area contributed by atoms with E-state index in [-0.39, 0.29) is 56.1 Å². The average Bonchev–Trinajstić information content (AvgIpc) is 3.49. The van der Waals surface area contributed by atoms with Crippen LogP contribution in [0.3, 0.4) is 0 Å². The molecule has 2 saturated heterocycles. The fourth-order valence-electron chi connectivity index (χ4n) is 8.41. The zero-order chi connectivity index (χ0) is 43.0. The Morgan fingerprint density at radius 2 is 1.42 bits per heavy atom. The summed E-state index contributed by atoms with van der Waals surface area (Å²) in [5.74, 6) is -4.53. The van der Waals surface area contributed by atoms with Crippen LogP contribution in [0.25, 0.3) is 0 Å². The number of nitrogens with zero attached hydrogens (tertiary/aromatic N) is 1. The van der Waals surface area contributed by atoms with E-state index in [1.807, 2.05) is 105 Å². The lowest BCUT2D eigenvalue weighted by Gasteiger charge is -2.45. The van der Waals surface area contributed by atoms with Crippen LogP contribution in [0.4, 0.5) is 4.79 Å². The van der Waals surface area contributed by atoms with Crippen molar-refractivity contribution in [3.05, 3.63) is 118 Å². The predicted octanol–water partition coefficient (Wildman–Crippen LogP) is 6.26. The zero-order valence-corrected chi connectivity index (χ0v) is 36.3. The lowest BCUT2D eigenvalue weighted by atomic mass is 9.85. The molecule has 0 saturated carbocycles. The van der Waals surface area contributed by atoms with Gasteiger partial charge in [0.05, 0.1) is 36.3 Å². The van der Waals surface area contributed by atoms with Crippen LogP contribution in [0, 0.1) is 11.8 Å². The van der Waals surface area contributed by atoms with Gasteiger partial charge in [0.25, 0.3) is 0 Å². The van der Waals surface area contributed by atoms with Gasteiger partial charge in [0.15, 0.2) is 17.9 Å². The van der Waals surface area contributed by atoms with Crippen molar-refractivity contribution in [1.29, 1.82) is 0 Å². The van der Waals surface area contributed by atoms with Gasteiger partial charge in [-0.05, 0) is 71.3 Å². The Morgan fingerprint density at radius 3 is 1.97 bits per heavy atom. The van der Waals surface area contributed by atoms with Crippen molar-refractivity contribution in [3.63, 3.8) is 0 Å². The fourth-order valence-corrected chi connectivity index (χ4v) is 8.92. The van der Waals surface area contributed by atoms with Crippen LogP contribution in [0.5, 0.6) is 0 Å². The van der Waals surface area contributed by atoms with E-state index in [1.54, 1.807) is 13.8 Å². The Bertz CT molecular complexity index is 1910. The molecule has 6 rings (SSSR count). The Hall–Kier alpha value is -3.83. The van der Waals surface area contributed by atoms with Gasteiger partial charge in [-0.1, -0.05) is 105 Å². The van der Waals surface area contributed by atoms with Crippen molar-refractivity contribution in [1.82, 2.24) is 4.90 Å². The molecule has 3 aliphatic rings. The molecule has 0 radical (unpaired) electrons. The molecule has 0 spiro atoms. The molecule has 324 valence electrons. The molecule has 3 heterocycles. The van der Waals surface area contributed by atoms with E-state index in [2.05, 4.69) is 15.9 Å². The first kappa shape index (κ1) is 45.7. The van der Waals surface area contributed by atoms with E-state index < -0.39 is 77.9 Å². The number of imide groups is 1. The number of cyclic esters (lactones) is 1. The highest BCUT2D eigenvalue weighted by Gasteiger charge is 2.56. The van der Waals surface area contributed by atoms with E-state index in [4.69, 9.17) is 33.2 Å². The molecule has 0 unspecified atom stereocenters. The van der Waals surface area contributed by atoms with Crippen LogP contribution >= 0.6 is 15.9 Å². The topological polar surface area (TPSA) is 160 Å². The predicted molar refractivity (Wildman–Crippen MR) is 223 cm³/mol. The highest BCUT2D eigenvalue weighted by molar-refractivity contribution is 9.11. The summed E-state index contributed by atoms with van der Waals surface area (Å²) in [5, 5.41) is 22.5. The number of hydrogen-bond acceptors (Lipinski definition) is 12. The maximum absolute atomic E-state index is 14.6. The van der Waals surface area contributed by atoms with E-state index in [0.29, 0.717) is 0 Å². The van der Waals surface area contributed by atoms with Crippen molar-refractivity contribution in [2.45, 2.75) is 114 Å². The van der Waals surface area contributed by atoms with Crippen molar-refractivity contribution in [2.75, 3.05) is 20.3 Å². The summed E-state index contributed by atoms with van der Waals surface area (Å²) >= 11 is 3.37. The molecule has 0 bridgehead atoms.